The first-order valence-corrected chi connectivity index (χ1v) is 26.2. The number of carboxylic acid groups (broad SMARTS) is 3. The van der Waals surface area contributed by atoms with Crippen LogP contribution in [0.4, 0.5) is 0 Å². The van der Waals surface area contributed by atoms with E-state index in [0.29, 0.717) is 52.3 Å². The van der Waals surface area contributed by atoms with Crippen LogP contribution in [0.5, 0.6) is 0 Å². The number of imidazole rings is 4. The maximum absolute atomic E-state index is 11.4. The van der Waals surface area contributed by atoms with Crippen LogP contribution in [0.25, 0.3) is 0 Å². The van der Waals surface area contributed by atoms with Gasteiger partial charge in [-0.15, -0.1) is 0 Å². The zero-order valence-electron chi connectivity index (χ0n) is 35.0. The number of carbonyl (C=O) groups excluding carboxylic acids is 3. The predicted octanol–water partition coefficient (Wildman–Crippen LogP) is -6.96. The summed E-state index contributed by atoms with van der Waals surface area (Å²) in [6, 6.07) is -1.33. The monoisotopic (exact) mass is 1070 g/mol. The van der Waals surface area contributed by atoms with Gasteiger partial charge >= 0.3 is 371 Å². The van der Waals surface area contributed by atoms with Gasteiger partial charge in [0.2, 0.25) is 0 Å². The summed E-state index contributed by atoms with van der Waals surface area (Å²) in [6.07, 6.45) is 9.06. The van der Waals surface area contributed by atoms with Crippen molar-refractivity contribution >= 4 is 95.1 Å². The van der Waals surface area contributed by atoms with Gasteiger partial charge in [-0.05, 0) is 0 Å². The van der Waals surface area contributed by atoms with Crippen molar-refractivity contribution in [2.45, 2.75) is 70.6 Å². The summed E-state index contributed by atoms with van der Waals surface area (Å²) >= 11 is 5.82. The number of aromatic amines is 4. The Morgan fingerprint density at radius 2 is 0.983 bits per heavy atom. The van der Waals surface area contributed by atoms with Gasteiger partial charge in [0, 0.05) is 0 Å². The molecule has 4 unspecified atom stereocenters. The topological polar surface area (TPSA) is 242 Å². The molecule has 0 aliphatic carbocycles. The number of aromatic nitrogens is 8. The van der Waals surface area contributed by atoms with Crippen LogP contribution < -0.4 is 34.2 Å². The van der Waals surface area contributed by atoms with Crippen molar-refractivity contribution in [1.29, 1.82) is 0 Å². The molecule has 2 radical (unpaired) electrons. The molecule has 0 amide bonds. The molecule has 4 N–H and O–H groups in total. The molecule has 4 atom stereocenters. The molecule has 0 spiro atoms. The van der Waals surface area contributed by atoms with Crippen LogP contribution in [0.15, 0.2) is 24.8 Å². The molecule has 4 aromatic rings. The first-order chi connectivity index (χ1) is 26.9. The molecule has 322 valence electrons. The number of H-pyrrole nitrogens is 4. The van der Waals surface area contributed by atoms with E-state index in [-0.39, 0.29) is 26.3 Å². The minimum atomic E-state index is -1.06. The predicted molar refractivity (Wildman–Crippen MR) is 219 cm³/mol. The van der Waals surface area contributed by atoms with Crippen LogP contribution in [0, 0.1) is 0 Å². The Kier molecular flexibility index (Phi) is 21.1. The van der Waals surface area contributed by atoms with Gasteiger partial charge < -0.3 is 0 Å². The third kappa shape index (κ3) is 17.8. The van der Waals surface area contributed by atoms with E-state index in [1.807, 2.05) is 41.2 Å². The van der Waals surface area contributed by atoms with E-state index >= 15 is 0 Å². The number of hydrogen-bond acceptors (Lipinski definition) is 12. The molecule has 0 aliphatic heterocycles. The van der Waals surface area contributed by atoms with Crippen LogP contribution >= 0.6 is 0 Å². The first-order valence-electron chi connectivity index (χ1n) is 18.4. The number of likely N-dealkylation sites (N-methyl/N-ethyl adjacent to an activating group) is 4. The van der Waals surface area contributed by atoms with Crippen LogP contribution in [0.3, 0.4) is 0 Å². The molecule has 58 heavy (non-hydrogen) atoms. The van der Waals surface area contributed by atoms with Gasteiger partial charge in [-0.2, -0.15) is 0 Å². The second kappa shape index (κ2) is 23.8. The Bertz CT molecular complexity index is 1800. The summed E-state index contributed by atoms with van der Waals surface area (Å²) in [5.74, 6) is -3.16. The molecule has 22 heteroatoms. The van der Waals surface area contributed by atoms with Gasteiger partial charge in [-0.3, -0.25) is 0 Å². The summed E-state index contributed by atoms with van der Waals surface area (Å²) in [7, 11) is 15.7. The van der Waals surface area contributed by atoms with E-state index in [2.05, 4.69) is 100.0 Å². The first kappa shape index (κ1) is 51.3. The number of quaternary nitrogens is 2. The van der Waals surface area contributed by atoms with Gasteiger partial charge in [0.05, 0.1) is 0 Å². The average Bonchev–Trinajstić information content (AvgIpc) is 3.95. The van der Waals surface area contributed by atoms with E-state index < -0.39 is 36.0 Å². The number of nitrogens with one attached hydrogen (secondary N) is 4. The Labute approximate surface area is 368 Å². The van der Waals surface area contributed by atoms with Crippen molar-refractivity contribution in [2.24, 2.45) is 0 Å². The van der Waals surface area contributed by atoms with Crippen molar-refractivity contribution in [3.05, 3.63) is 47.6 Å². The maximum atomic E-state index is 11.4. The molecule has 18 nitrogen and oxygen atoms in total. The van der Waals surface area contributed by atoms with E-state index in [9.17, 15) is 29.7 Å². The van der Waals surface area contributed by atoms with Gasteiger partial charge in [0.15, 0.2) is 0 Å². The molecule has 0 aliphatic rings. The van der Waals surface area contributed by atoms with Gasteiger partial charge in [0.1, 0.15) is 0 Å². The minimum absolute atomic E-state index is 0.166. The summed E-state index contributed by atoms with van der Waals surface area (Å²) in [4.78, 5) is 66.3. The number of carboxylic acids is 3. The quantitative estimate of drug-likeness (QED) is 0.0478. The summed E-state index contributed by atoms with van der Waals surface area (Å²) in [6.45, 7) is 7.38. The fraction of sp³-hybridized carbons (Fsp3) is 0.583. The summed E-state index contributed by atoms with van der Waals surface area (Å²) in [5.41, 5.74) is 3.59. The SMILES string of the molecule is CC(Cc1cnc([Se][Se]c2ncc(CC(C(=O)[O-])[N+](C)(C)C)[nH]2)[nH]1)[N+](C)(C)C.CCN(C)C(Cc1cnc([Se])[nH]1)C(=O)[O-].CCN(C)C(Cc1cnc([Se])[nH]1)C(=O)[O-]. The van der Waals surface area contributed by atoms with Gasteiger partial charge in [0.25, 0.3) is 0 Å². The van der Waals surface area contributed by atoms with Crippen molar-refractivity contribution in [3.8, 4) is 0 Å². The van der Waals surface area contributed by atoms with E-state index in [4.69, 9.17) is 0 Å². The van der Waals surface area contributed by atoms with Crippen LogP contribution in [0.2, 0.25) is 0 Å². The normalized spacial score (nSPS) is 13.9. The van der Waals surface area contributed by atoms with Crippen LogP contribution in [-0.4, -0.2) is 228 Å². The van der Waals surface area contributed by atoms with E-state index in [0.717, 1.165) is 37.4 Å². The molecule has 0 saturated carbocycles. The molecule has 0 saturated heterocycles. The summed E-state index contributed by atoms with van der Waals surface area (Å²) in [5, 5.41) is 33.3. The van der Waals surface area contributed by atoms with E-state index in [1.165, 1.54) is 5.69 Å². The molecule has 0 aromatic carbocycles. The fourth-order valence-corrected chi connectivity index (χ4v) is 10.9. The Balaban J connectivity index is 0.000000327. The second-order valence-electron chi connectivity index (χ2n) is 15.6. The standard InChI is InChI=1S/C18H30N6O2Se2.2C9H14N3O2Se/c1-12(23(2,3)4)8-13-10-19-17(21-13)27-28-18-20-11-14(22-18)9-15(16(25)26)24(5,6)7;2*1-3-12(2)7(8(13)14)4-6-5-10-9(15)11-6/h10-12,15H,8-9H2,1-7H3,(H-2,19,20,21,22,25,26);2*5,7H,3-4H2,1-2H3,(H,10,11)(H,13,14)/p-1. The number of hydrogen-bond donors (Lipinski definition) is 4. The van der Waals surface area contributed by atoms with Crippen LogP contribution in [-0.2, 0) is 40.1 Å². The number of aliphatic carboxylic acids is 3. The molecule has 4 rings (SSSR count). The Morgan fingerprint density at radius 1 is 0.621 bits per heavy atom. The molecule has 4 aromatic heterocycles. The molecule has 0 fully saturated rings. The number of carbonyl (C=O) groups is 3. The molecule has 4 heterocycles. The van der Waals surface area contributed by atoms with Gasteiger partial charge in [-0.1, -0.05) is 0 Å². The molecular formula is C36H57N12O6Se4-. The van der Waals surface area contributed by atoms with Crippen molar-refractivity contribution < 1.29 is 38.7 Å². The molecule has 0 bridgehead atoms. The Hall–Kier alpha value is -2.83. The third-order valence-electron chi connectivity index (χ3n) is 9.51. The zero-order valence-corrected chi connectivity index (χ0v) is 41.9. The number of nitrogens with zero attached hydrogens (tertiary/aromatic N) is 8. The van der Waals surface area contributed by atoms with Crippen molar-refractivity contribution in [3.63, 3.8) is 0 Å². The van der Waals surface area contributed by atoms with Gasteiger partial charge in [-0.25, -0.2) is 0 Å². The number of rotatable bonds is 20. The third-order valence-corrected chi connectivity index (χ3v) is 16.4. The van der Waals surface area contributed by atoms with Crippen molar-refractivity contribution in [1.82, 2.24) is 49.7 Å². The summed E-state index contributed by atoms with van der Waals surface area (Å²) < 4.78 is 4.53. The van der Waals surface area contributed by atoms with Crippen LogP contribution in [0.1, 0.15) is 43.5 Å². The average molecular weight is 1070 g/mol. The fourth-order valence-electron chi connectivity index (χ4n) is 5.10. The second-order valence-corrected chi connectivity index (χ2v) is 23.1. The Morgan fingerprint density at radius 3 is 1.28 bits per heavy atom. The van der Waals surface area contributed by atoms with Crippen molar-refractivity contribution in [2.75, 3.05) is 69.5 Å². The zero-order chi connectivity index (χ0) is 44.0. The molecular weight excluding hydrogens is 1010 g/mol. The van der Waals surface area contributed by atoms with E-state index in [1.54, 1.807) is 42.5 Å².